The van der Waals surface area contributed by atoms with Crippen LogP contribution in [-0.4, -0.2) is 72.2 Å². The monoisotopic (exact) mass is 605 g/mol. The van der Waals surface area contributed by atoms with Gasteiger partial charge in [-0.25, -0.2) is 9.59 Å². The zero-order chi connectivity index (χ0) is 32.0. The van der Waals surface area contributed by atoms with Gasteiger partial charge in [-0.2, -0.15) is 0 Å². The van der Waals surface area contributed by atoms with Gasteiger partial charge in [-0.1, -0.05) is 18.2 Å². The normalized spacial score (nSPS) is 10.8. The van der Waals surface area contributed by atoms with E-state index in [2.05, 4.69) is 5.32 Å². The number of phenols is 2. The number of nitrogens with one attached hydrogen (secondary N) is 1. The lowest BCUT2D eigenvalue weighted by Gasteiger charge is -2.21. The van der Waals surface area contributed by atoms with E-state index in [1.165, 1.54) is 36.4 Å². The molecule has 230 valence electrons. The van der Waals surface area contributed by atoms with Crippen molar-refractivity contribution in [2.24, 2.45) is 0 Å². The molecule has 44 heavy (non-hydrogen) atoms. The number of benzene rings is 3. The number of aliphatic carboxylic acids is 2. The van der Waals surface area contributed by atoms with Gasteiger partial charge in [0.1, 0.15) is 25.3 Å². The minimum atomic E-state index is -1.21. The number of ether oxygens (including phenoxy) is 1. The summed E-state index contributed by atoms with van der Waals surface area (Å²) in [5, 5.41) is 40.7. The van der Waals surface area contributed by atoms with Crippen LogP contribution in [0, 0.1) is 0 Å². The maximum Gasteiger partial charge on any atom is 0.407 e. The van der Waals surface area contributed by atoms with Gasteiger partial charge in [-0.3, -0.25) is 9.59 Å². The molecule has 0 atom stereocenters. The third-order valence-corrected chi connectivity index (χ3v) is 6.76. The molecule has 0 radical (unpaired) electrons. The Kier molecular flexibility index (Phi) is 9.58. The van der Waals surface area contributed by atoms with Crippen molar-refractivity contribution in [2.75, 3.05) is 43.5 Å². The Morgan fingerprint density at radius 1 is 0.864 bits per heavy atom. The first-order chi connectivity index (χ1) is 20.9. The predicted octanol–water partition coefficient (Wildman–Crippen LogP) is 3.38. The highest BCUT2D eigenvalue weighted by molar-refractivity contribution is 5.89. The Morgan fingerprint density at radius 3 is 2.14 bits per heavy atom. The van der Waals surface area contributed by atoms with E-state index >= 15 is 0 Å². The van der Waals surface area contributed by atoms with Gasteiger partial charge in [0.2, 0.25) is 0 Å². The topological polar surface area (TPSA) is 190 Å². The van der Waals surface area contributed by atoms with Gasteiger partial charge >= 0.3 is 23.7 Å². The van der Waals surface area contributed by atoms with Crippen LogP contribution in [0.15, 0.2) is 69.9 Å². The van der Waals surface area contributed by atoms with Gasteiger partial charge in [0, 0.05) is 49.0 Å². The first-order valence-electron chi connectivity index (χ1n) is 13.4. The summed E-state index contributed by atoms with van der Waals surface area (Å²) in [6.45, 7) is -1.21. The molecule has 1 amide bonds. The van der Waals surface area contributed by atoms with E-state index in [0.717, 1.165) is 10.6 Å². The number of hydrogen-bond donors (Lipinski definition) is 5. The van der Waals surface area contributed by atoms with Crippen molar-refractivity contribution in [1.82, 2.24) is 5.32 Å². The summed E-state index contributed by atoms with van der Waals surface area (Å²) in [5.74, 6) is -2.93. The maximum absolute atomic E-state index is 13.3. The van der Waals surface area contributed by atoms with Crippen molar-refractivity contribution in [3.05, 3.63) is 82.2 Å². The third-order valence-electron chi connectivity index (χ3n) is 6.76. The fraction of sp³-hybridized carbons (Fsp3) is 0.226. The van der Waals surface area contributed by atoms with Crippen LogP contribution in [0.25, 0.3) is 22.1 Å². The van der Waals surface area contributed by atoms with E-state index in [0.29, 0.717) is 34.2 Å². The molecule has 4 aromatic rings. The number of phenolic OH excluding ortho intramolecular Hbond substituents is 2. The van der Waals surface area contributed by atoms with E-state index in [4.69, 9.17) is 9.15 Å². The Labute approximate surface area is 251 Å². The van der Waals surface area contributed by atoms with Crippen molar-refractivity contribution in [1.29, 1.82) is 0 Å². The molecule has 0 spiro atoms. The highest BCUT2D eigenvalue weighted by atomic mass is 16.5. The Hall–Kier alpha value is -5.72. The first kappa shape index (κ1) is 31.2. The van der Waals surface area contributed by atoms with Gasteiger partial charge in [0.25, 0.3) is 0 Å². The fourth-order valence-electron chi connectivity index (χ4n) is 4.60. The molecule has 13 nitrogen and oxygen atoms in total. The molecule has 0 fully saturated rings. The van der Waals surface area contributed by atoms with E-state index in [1.54, 1.807) is 18.2 Å². The summed E-state index contributed by atoms with van der Waals surface area (Å²) in [5.41, 5.74) is 2.25. The number of carbonyl (C=O) groups is 3. The lowest BCUT2D eigenvalue weighted by Crippen LogP contribution is -2.34. The molecule has 5 N–H and O–H groups in total. The average molecular weight is 606 g/mol. The molecule has 1 aromatic heterocycles. The van der Waals surface area contributed by atoms with Gasteiger partial charge in [0.05, 0.1) is 5.56 Å². The molecule has 0 bridgehead atoms. The number of alkyl carbamates (subject to hydrolysis) is 1. The van der Waals surface area contributed by atoms with Crippen LogP contribution in [0.5, 0.6) is 11.5 Å². The fourth-order valence-corrected chi connectivity index (χ4v) is 4.60. The molecule has 3 aromatic carbocycles. The molecule has 4 rings (SSSR count). The molecule has 1 heterocycles. The second-order valence-electron chi connectivity index (χ2n) is 10.1. The first-order valence-corrected chi connectivity index (χ1v) is 13.4. The largest absolute Gasteiger partial charge is 0.504 e. The van der Waals surface area contributed by atoms with Crippen LogP contribution in [0.3, 0.4) is 0 Å². The highest BCUT2D eigenvalue weighted by Crippen LogP contribution is 2.31. The lowest BCUT2D eigenvalue weighted by atomic mass is 9.98. The summed E-state index contributed by atoms with van der Waals surface area (Å²) in [4.78, 5) is 51.5. The summed E-state index contributed by atoms with van der Waals surface area (Å²) >= 11 is 0. The van der Waals surface area contributed by atoms with Crippen LogP contribution in [0.2, 0.25) is 0 Å². The van der Waals surface area contributed by atoms with Crippen molar-refractivity contribution in [3.8, 4) is 22.6 Å². The Bertz CT molecular complexity index is 1730. The van der Waals surface area contributed by atoms with Gasteiger partial charge in [-0.05, 0) is 53.9 Å². The molecular formula is C31H31N3O10. The zero-order valence-electron chi connectivity index (χ0n) is 23.9. The number of amides is 1. The molecule has 0 saturated carbocycles. The van der Waals surface area contributed by atoms with Crippen molar-refractivity contribution in [3.63, 3.8) is 0 Å². The van der Waals surface area contributed by atoms with Crippen LogP contribution < -0.4 is 20.7 Å². The van der Waals surface area contributed by atoms with Crippen molar-refractivity contribution >= 4 is 40.4 Å². The Balaban J connectivity index is 1.62. The molecule has 0 aliphatic rings. The highest BCUT2D eigenvalue weighted by Gasteiger charge is 2.20. The summed E-state index contributed by atoms with van der Waals surface area (Å²) in [7, 11) is 3.67. The second-order valence-corrected chi connectivity index (χ2v) is 10.1. The minimum Gasteiger partial charge on any atom is -0.504 e. The number of rotatable bonds is 12. The molecule has 0 saturated heterocycles. The molecule has 0 aliphatic heterocycles. The number of aromatic hydroxyl groups is 2. The molecule has 13 heteroatoms. The number of anilines is 2. The second kappa shape index (κ2) is 13.5. The van der Waals surface area contributed by atoms with Gasteiger partial charge in [0.15, 0.2) is 11.5 Å². The number of carboxylic acid groups (broad SMARTS) is 2. The summed E-state index contributed by atoms with van der Waals surface area (Å²) in [6, 6.07) is 15.7. The maximum atomic E-state index is 13.3. The van der Waals surface area contributed by atoms with Gasteiger partial charge < -0.3 is 44.7 Å². The van der Waals surface area contributed by atoms with E-state index in [9.17, 15) is 39.6 Å². The third kappa shape index (κ3) is 7.56. The number of carbonyl (C=O) groups excluding carboxylic acids is 1. The Morgan fingerprint density at radius 2 is 1.52 bits per heavy atom. The minimum absolute atomic E-state index is 0.122. The molecule has 0 unspecified atom stereocenters. The molecule has 0 aliphatic carbocycles. The van der Waals surface area contributed by atoms with Gasteiger partial charge in [-0.15, -0.1) is 0 Å². The van der Waals surface area contributed by atoms with Crippen molar-refractivity contribution < 1.29 is 44.0 Å². The quantitative estimate of drug-likeness (QED) is 0.117. The standard InChI is InChI=1S/C31H31N3O10/c1-33(2)21-8-9-22-23(17-43-31(42)32-12-11-18-3-10-24(35)25(36)13-18)29(30(41)44-26(22)14-21)19-4-6-20(7-5-19)34(15-27(37)38)16-28(39)40/h3-10,13-14,35-36H,11-12,15-17H2,1-2H3,(H,32,42)(H,37,38)(H,39,40). The summed E-state index contributed by atoms with van der Waals surface area (Å²) in [6.07, 6.45) is -0.398. The number of fused-ring (bicyclic) bond motifs is 1. The van der Waals surface area contributed by atoms with E-state index in [1.807, 2.05) is 25.1 Å². The van der Waals surface area contributed by atoms with Crippen LogP contribution in [0.1, 0.15) is 11.1 Å². The smallest absolute Gasteiger partial charge is 0.407 e. The summed E-state index contributed by atoms with van der Waals surface area (Å²) < 4.78 is 11.2. The van der Waals surface area contributed by atoms with Crippen LogP contribution in [0.4, 0.5) is 16.2 Å². The van der Waals surface area contributed by atoms with Crippen molar-refractivity contribution in [2.45, 2.75) is 13.0 Å². The molecular weight excluding hydrogens is 574 g/mol. The number of hydrogen-bond acceptors (Lipinski definition) is 10. The van der Waals surface area contributed by atoms with Crippen LogP contribution >= 0.6 is 0 Å². The number of nitrogens with zero attached hydrogens (tertiary/aromatic N) is 2. The van der Waals surface area contributed by atoms with E-state index < -0.39 is 36.7 Å². The van der Waals surface area contributed by atoms with Crippen LogP contribution in [-0.2, 0) is 27.4 Å². The lowest BCUT2D eigenvalue weighted by molar-refractivity contribution is -0.136. The average Bonchev–Trinajstić information content (AvgIpc) is 2.96. The predicted molar refractivity (Wildman–Crippen MR) is 161 cm³/mol. The SMILES string of the molecule is CN(C)c1ccc2c(COC(=O)NCCc3ccc(O)c(O)c3)c(-c3ccc(N(CC(=O)O)CC(=O)O)cc3)c(=O)oc2c1. The zero-order valence-corrected chi connectivity index (χ0v) is 23.9. The number of carboxylic acids is 2. The van der Waals surface area contributed by atoms with E-state index in [-0.39, 0.29) is 35.8 Å².